The zero-order valence-corrected chi connectivity index (χ0v) is 14.2. The maximum atomic E-state index is 12.9. The van der Waals surface area contributed by atoms with Crippen LogP contribution in [0, 0.1) is 5.41 Å². The fraction of sp³-hybridized carbons (Fsp3) is 0.632. The van der Waals surface area contributed by atoms with Crippen molar-refractivity contribution in [2.45, 2.75) is 65.3 Å². The van der Waals surface area contributed by atoms with Crippen molar-refractivity contribution in [1.29, 1.82) is 0 Å². The van der Waals surface area contributed by atoms with E-state index in [9.17, 15) is 4.79 Å². The Morgan fingerprint density at radius 3 is 2.59 bits per heavy atom. The van der Waals surface area contributed by atoms with Gasteiger partial charge in [0.05, 0.1) is 18.1 Å². The summed E-state index contributed by atoms with van der Waals surface area (Å²) in [5, 5.41) is 0. The van der Waals surface area contributed by atoms with E-state index in [-0.39, 0.29) is 6.10 Å². The van der Waals surface area contributed by atoms with Crippen LogP contribution in [0.2, 0.25) is 0 Å². The molecule has 1 aromatic rings. The Morgan fingerprint density at radius 2 is 2.00 bits per heavy atom. The molecule has 0 spiro atoms. The van der Waals surface area contributed by atoms with Gasteiger partial charge in [0.15, 0.2) is 5.79 Å². The second kappa shape index (κ2) is 6.93. The van der Waals surface area contributed by atoms with E-state index in [0.29, 0.717) is 18.8 Å². The maximum Gasteiger partial charge on any atom is 0.163 e. The molecule has 1 aliphatic rings. The molecule has 1 aromatic carbocycles. The number of benzene rings is 1. The number of ketones is 1. The second-order valence-electron chi connectivity index (χ2n) is 6.82. The van der Waals surface area contributed by atoms with Crippen LogP contribution in [0.25, 0.3) is 0 Å². The summed E-state index contributed by atoms with van der Waals surface area (Å²) in [6.45, 7) is 8.62. The highest BCUT2D eigenvalue weighted by Gasteiger charge is 2.44. The molecule has 1 heterocycles. The molecule has 122 valence electrons. The number of aryl methyl sites for hydroxylation is 1. The predicted molar refractivity (Wildman–Crippen MR) is 87.7 cm³/mol. The summed E-state index contributed by atoms with van der Waals surface area (Å²) >= 11 is 0. The number of Topliss-reactive ketones (excluding diaryl/α,β-unsaturated/α-hetero) is 1. The van der Waals surface area contributed by atoms with Crippen LogP contribution in [0.3, 0.4) is 0 Å². The smallest absolute Gasteiger partial charge is 0.163 e. The summed E-state index contributed by atoms with van der Waals surface area (Å²) in [7, 11) is 0. The van der Waals surface area contributed by atoms with Crippen LogP contribution in [-0.2, 0) is 20.7 Å². The predicted octanol–water partition coefficient (Wildman–Crippen LogP) is 4.15. The molecule has 0 saturated carbocycles. The van der Waals surface area contributed by atoms with E-state index in [2.05, 4.69) is 19.1 Å². The highest BCUT2D eigenvalue weighted by Crippen LogP contribution is 2.38. The van der Waals surface area contributed by atoms with Crippen molar-refractivity contribution in [3.8, 4) is 0 Å². The largest absolute Gasteiger partial charge is 0.350 e. The molecule has 0 amide bonds. The van der Waals surface area contributed by atoms with Crippen LogP contribution in [0.1, 0.15) is 52.5 Å². The third-order valence-corrected chi connectivity index (χ3v) is 4.82. The van der Waals surface area contributed by atoms with Crippen molar-refractivity contribution in [3.05, 3.63) is 35.9 Å². The van der Waals surface area contributed by atoms with Crippen molar-refractivity contribution in [2.24, 2.45) is 5.41 Å². The fourth-order valence-corrected chi connectivity index (χ4v) is 3.09. The van der Waals surface area contributed by atoms with E-state index in [1.807, 2.05) is 39.0 Å². The molecule has 0 N–H and O–H groups in total. The quantitative estimate of drug-likeness (QED) is 0.792. The van der Waals surface area contributed by atoms with Crippen LogP contribution >= 0.6 is 0 Å². The van der Waals surface area contributed by atoms with Crippen molar-refractivity contribution >= 4 is 5.78 Å². The van der Waals surface area contributed by atoms with Crippen LogP contribution in [0.4, 0.5) is 0 Å². The van der Waals surface area contributed by atoms with Gasteiger partial charge in [-0.15, -0.1) is 0 Å². The number of rotatable bonds is 6. The van der Waals surface area contributed by atoms with Gasteiger partial charge in [-0.2, -0.15) is 0 Å². The molecule has 2 atom stereocenters. The molecule has 0 radical (unpaired) electrons. The summed E-state index contributed by atoms with van der Waals surface area (Å²) in [5.74, 6) is -0.305. The van der Waals surface area contributed by atoms with Gasteiger partial charge in [-0.3, -0.25) is 4.79 Å². The standard InChI is InChI=1S/C19H28O3/c1-5-19(4,17-13-14-21-18(2,3)22-17)16(20)12-11-15-9-7-6-8-10-15/h6-10,17H,5,11-14H2,1-4H3/t17-,19?/m0/s1. The molecule has 0 aromatic heterocycles. The minimum Gasteiger partial charge on any atom is -0.350 e. The first-order valence-corrected chi connectivity index (χ1v) is 8.26. The number of ether oxygens (including phenoxy) is 2. The lowest BCUT2D eigenvalue weighted by Crippen LogP contribution is -2.50. The zero-order chi connectivity index (χ0) is 16.2. The van der Waals surface area contributed by atoms with E-state index < -0.39 is 11.2 Å². The summed E-state index contributed by atoms with van der Waals surface area (Å²) < 4.78 is 11.7. The van der Waals surface area contributed by atoms with E-state index in [0.717, 1.165) is 19.3 Å². The summed E-state index contributed by atoms with van der Waals surface area (Å²) in [6, 6.07) is 10.2. The first-order valence-electron chi connectivity index (χ1n) is 8.26. The average molecular weight is 304 g/mol. The van der Waals surface area contributed by atoms with Gasteiger partial charge >= 0.3 is 0 Å². The minimum absolute atomic E-state index is 0.0653. The molecule has 1 aliphatic heterocycles. The molecule has 1 saturated heterocycles. The Morgan fingerprint density at radius 1 is 1.32 bits per heavy atom. The molecule has 3 nitrogen and oxygen atoms in total. The van der Waals surface area contributed by atoms with E-state index >= 15 is 0 Å². The van der Waals surface area contributed by atoms with Crippen molar-refractivity contribution < 1.29 is 14.3 Å². The molecular weight excluding hydrogens is 276 g/mol. The molecule has 22 heavy (non-hydrogen) atoms. The van der Waals surface area contributed by atoms with E-state index in [1.165, 1.54) is 5.56 Å². The molecule has 3 heteroatoms. The third-order valence-electron chi connectivity index (χ3n) is 4.82. The lowest BCUT2D eigenvalue weighted by molar-refractivity contribution is -0.290. The highest BCUT2D eigenvalue weighted by molar-refractivity contribution is 5.85. The molecule has 2 rings (SSSR count). The van der Waals surface area contributed by atoms with Crippen LogP contribution in [-0.4, -0.2) is 24.3 Å². The molecule has 1 unspecified atom stereocenters. The lowest BCUT2D eigenvalue weighted by Gasteiger charge is -2.44. The van der Waals surface area contributed by atoms with Gasteiger partial charge in [0.2, 0.25) is 0 Å². The average Bonchev–Trinajstić information content (AvgIpc) is 2.51. The van der Waals surface area contributed by atoms with Gasteiger partial charge in [-0.05, 0) is 38.7 Å². The summed E-state index contributed by atoms with van der Waals surface area (Å²) in [6.07, 6.45) is 2.87. The Labute approximate surface area is 134 Å². The number of carbonyl (C=O) groups excluding carboxylic acids is 1. The topological polar surface area (TPSA) is 35.5 Å². The van der Waals surface area contributed by atoms with Gasteiger partial charge in [0, 0.05) is 6.42 Å². The Balaban J connectivity index is 2.03. The van der Waals surface area contributed by atoms with E-state index in [4.69, 9.17) is 9.47 Å². The van der Waals surface area contributed by atoms with Crippen molar-refractivity contribution in [1.82, 2.24) is 0 Å². The number of hydrogen-bond donors (Lipinski definition) is 0. The van der Waals surface area contributed by atoms with Crippen LogP contribution in [0.15, 0.2) is 30.3 Å². The van der Waals surface area contributed by atoms with Gasteiger partial charge in [-0.1, -0.05) is 44.2 Å². The minimum atomic E-state index is -0.598. The third kappa shape index (κ3) is 3.96. The molecule has 0 aliphatic carbocycles. The first-order chi connectivity index (χ1) is 10.4. The monoisotopic (exact) mass is 304 g/mol. The fourth-order valence-electron chi connectivity index (χ4n) is 3.09. The first kappa shape index (κ1) is 17.2. The Hall–Kier alpha value is -1.19. The SMILES string of the molecule is CCC(C)(C(=O)CCc1ccccc1)[C@@H]1CCOC(C)(C)O1. The van der Waals surface area contributed by atoms with Gasteiger partial charge in [0.1, 0.15) is 5.78 Å². The van der Waals surface area contributed by atoms with Gasteiger partial charge in [0.25, 0.3) is 0 Å². The Bertz CT molecular complexity index is 495. The maximum absolute atomic E-state index is 12.9. The zero-order valence-electron chi connectivity index (χ0n) is 14.2. The molecule has 1 fully saturated rings. The highest BCUT2D eigenvalue weighted by atomic mass is 16.7. The van der Waals surface area contributed by atoms with Crippen molar-refractivity contribution in [2.75, 3.05) is 6.61 Å². The number of hydrogen-bond acceptors (Lipinski definition) is 3. The summed E-state index contributed by atoms with van der Waals surface area (Å²) in [4.78, 5) is 12.9. The molecular formula is C19H28O3. The van der Waals surface area contributed by atoms with Gasteiger partial charge in [-0.25, -0.2) is 0 Å². The second-order valence-corrected chi connectivity index (χ2v) is 6.82. The lowest BCUT2D eigenvalue weighted by atomic mass is 9.74. The van der Waals surface area contributed by atoms with Crippen LogP contribution < -0.4 is 0 Å². The number of carbonyl (C=O) groups is 1. The normalized spacial score (nSPS) is 23.7. The van der Waals surface area contributed by atoms with Crippen molar-refractivity contribution in [3.63, 3.8) is 0 Å². The summed E-state index contributed by atoms with van der Waals surface area (Å²) in [5.41, 5.74) is 0.776. The van der Waals surface area contributed by atoms with E-state index in [1.54, 1.807) is 0 Å². The Kier molecular flexibility index (Phi) is 5.41. The van der Waals surface area contributed by atoms with Crippen LogP contribution in [0.5, 0.6) is 0 Å². The van der Waals surface area contributed by atoms with Gasteiger partial charge < -0.3 is 9.47 Å². The molecule has 0 bridgehead atoms.